The normalized spacial score (nSPS) is 15.3. The summed E-state index contributed by atoms with van der Waals surface area (Å²) in [7, 11) is 0. The molecule has 0 saturated carbocycles. The molecule has 1 aromatic rings. The molecule has 0 fully saturated rings. The van der Waals surface area contributed by atoms with Crippen LogP contribution in [-0.2, 0) is 4.79 Å². The molecule has 4 nitrogen and oxygen atoms in total. The molecule has 1 aliphatic rings. The van der Waals surface area contributed by atoms with Gasteiger partial charge in [-0.15, -0.1) is 0 Å². The van der Waals surface area contributed by atoms with Crippen molar-refractivity contribution >= 4 is 11.8 Å². The molecule has 0 unspecified atom stereocenters. The van der Waals surface area contributed by atoms with Gasteiger partial charge in [0, 0.05) is 6.54 Å². The Morgan fingerprint density at radius 2 is 1.85 bits per heavy atom. The first kappa shape index (κ1) is 20.1. The van der Waals surface area contributed by atoms with E-state index in [1.807, 2.05) is 0 Å². The average Bonchev–Trinajstić information content (AvgIpc) is 2.60. The largest absolute Gasteiger partial charge is 0.354 e. The number of nitrogens with one attached hydrogen (secondary N) is 2. The lowest BCUT2D eigenvalue weighted by atomic mass is 9.97. The SMILES string of the molecule is CC(C)[C@@H](NC(=O)c1c(F)cccc1F)C(=O)NCCC1=CCCCC1. The van der Waals surface area contributed by atoms with Crippen molar-refractivity contribution in [2.45, 2.75) is 52.0 Å². The second kappa shape index (κ2) is 9.46. The molecule has 0 heterocycles. The fourth-order valence-electron chi connectivity index (χ4n) is 3.05. The topological polar surface area (TPSA) is 58.2 Å². The van der Waals surface area contributed by atoms with Crippen LogP contribution >= 0.6 is 0 Å². The van der Waals surface area contributed by atoms with Gasteiger partial charge in [0.2, 0.25) is 5.91 Å². The summed E-state index contributed by atoms with van der Waals surface area (Å²) in [5, 5.41) is 5.27. The van der Waals surface area contributed by atoms with E-state index < -0.39 is 29.1 Å². The fraction of sp³-hybridized carbons (Fsp3) is 0.500. The predicted molar refractivity (Wildman–Crippen MR) is 96.6 cm³/mol. The predicted octanol–water partition coefficient (Wildman–Crippen LogP) is 3.73. The van der Waals surface area contributed by atoms with E-state index in [0.29, 0.717) is 6.54 Å². The molecule has 0 radical (unpaired) electrons. The van der Waals surface area contributed by atoms with Crippen molar-refractivity contribution in [2.75, 3.05) is 6.54 Å². The van der Waals surface area contributed by atoms with Crippen LogP contribution in [0.5, 0.6) is 0 Å². The van der Waals surface area contributed by atoms with Gasteiger partial charge in [-0.2, -0.15) is 0 Å². The van der Waals surface area contributed by atoms with Gasteiger partial charge in [0.1, 0.15) is 23.2 Å². The standard InChI is InChI=1S/C20H26F2N2O2/c1-13(2)18(20(26)23-12-11-14-7-4-3-5-8-14)24-19(25)17-15(21)9-6-10-16(17)22/h6-7,9-10,13,18H,3-5,8,11-12H2,1-2H3,(H,23,26)(H,24,25)/t18-/m1/s1. The van der Waals surface area contributed by atoms with E-state index in [1.165, 1.54) is 24.5 Å². The molecule has 0 aromatic heterocycles. The van der Waals surface area contributed by atoms with E-state index in [1.54, 1.807) is 13.8 Å². The number of amides is 2. The molecule has 0 bridgehead atoms. The maximum Gasteiger partial charge on any atom is 0.257 e. The van der Waals surface area contributed by atoms with E-state index in [9.17, 15) is 18.4 Å². The molecule has 0 spiro atoms. The van der Waals surface area contributed by atoms with Crippen LogP contribution in [0.15, 0.2) is 29.8 Å². The average molecular weight is 364 g/mol. The molecule has 1 aromatic carbocycles. The molecule has 1 atom stereocenters. The van der Waals surface area contributed by atoms with Gasteiger partial charge in [0.15, 0.2) is 0 Å². The number of allylic oxidation sites excluding steroid dienone is 1. The van der Waals surface area contributed by atoms with Gasteiger partial charge in [-0.3, -0.25) is 9.59 Å². The Morgan fingerprint density at radius 3 is 2.42 bits per heavy atom. The summed E-state index contributed by atoms with van der Waals surface area (Å²) >= 11 is 0. The summed E-state index contributed by atoms with van der Waals surface area (Å²) < 4.78 is 27.5. The van der Waals surface area contributed by atoms with Crippen molar-refractivity contribution in [1.29, 1.82) is 0 Å². The summed E-state index contributed by atoms with van der Waals surface area (Å²) in [6, 6.07) is 2.36. The van der Waals surface area contributed by atoms with Crippen LogP contribution in [0.25, 0.3) is 0 Å². The van der Waals surface area contributed by atoms with Crippen LogP contribution in [-0.4, -0.2) is 24.4 Å². The highest BCUT2D eigenvalue weighted by atomic mass is 19.1. The lowest BCUT2D eigenvalue weighted by molar-refractivity contribution is -0.123. The minimum atomic E-state index is -0.949. The molecule has 1 aliphatic carbocycles. The Bertz CT molecular complexity index is 666. The van der Waals surface area contributed by atoms with Crippen molar-refractivity contribution in [3.05, 3.63) is 47.0 Å². The third kappa shape index (κ3) is 5.38. The molecular weight excluding hydrogens is 338 g/mol. The zero-order chi connectivity index (χ0) is 19.1. The summed E-state index contributed by atoms with van der Waals surface area (Å²) in [6.07, 6.45) is 7.54. The zero-order valence-corrected chi connectivity index (χ0v) is 15.3. The fourth-order valence-corrected chi connectivity index (χ4v) is 3.05. The van der Waals surface area contributed by atoms with E-state index in [0.717, 1.165) is 31.4 Å². The molecule has 2 amide bonds. The van der Waals surface area contributed by atoms with Gasteiger partial charge in [-0.25, -0.2) is 8.78 Å². The van der Waals surface area contributed by atoms with Crippen LogP contribution < -0.4 is 10.6 Å². The van der Waals surface area contributed by atoms with Crippen molar-refractivity contribution in [1.82, 2.24) is 10.6 Å². The number of hydrogen-bond donors (Lipinski definition) is 2. The Morgan fingerprint density at radius 1 is 1.15 bits per heavy atom. The molecule has 26 heavy (non-hydrogen) atoms. The third-order valence-corrected chi connectivity index (χ3v) is 4.56. The van der Waals surface area contributed by atoms with E-state index >= 15 is 0 Å². The first-order valence-corrected chi connectivity index (χ1v) is 9.10. The smallest absolute Gasteiger partial charge is 0.257 e. The van der Waals surface area contributed by atoms with Gasteiger partial charge in [-0.1, -0.05) is 31.6 Å². The number of benzene rings is 1. The Kier molecular flexibility index (Phi) is 7.30. The van der Waals surface area contributed by atoms with E-state index in [2.05, 4.69) is 16.7 Å². The first-order chi connectivity index (χ1) is 12.4. The monoisotopic (exact) mass is 364 g/mol. The maximum atomic E-state index is 13.8. The van der Waals surface area contributed by atoms with Crippen LogP contribution in [0.2, 0.25) is 0 Å². The van der Waals surface area contributed by atoms with Gasteiger partial charge in [0.05, 0.1) is 0 Å². The van der Waals surface area contributed by atoms with E-state index in [-0.39, 0.29) is 11.8 Å². The molecule has 6 heteroatoms. The number of hydrogen-bond acceptors (Lipinski definition) is 2. The van der Waals surface area contributed by atoms with Crippen LogP contribution in [0.4, 0.5) is 8.78 Å². The highest BCUT2D eigenvalue weighted by Crippen LogP contribution is 2.19. The highest BCUT2D eigenvalue weighted by Gasteiger charge is 2.27. The van der Waals surface area contributed by atoms with Crippen molar-refractivity contribution in [2.24, 2.45) is 5.92 Å². The zero-order valence-electron chi connectivity index (χ0n) is 15.3. The first-order valence-electron chi connectivity index (χ1n) is 9.10. The third-order valence-electron chi connectivity index (χ3n) is 4.56. The molecule has 0 saturated heterocycles. The number of rotatable bonds is 7. The summed E-state index contributed by atoms with van der Waals surface area (Å²) in [5.41, 5.74) is 0.674. The lowest BCUT2D eigenvalue weighted by Crippen LogP contribution is -2.50. The quantitative estimate of drug-likeness (QED) is 0.725. The van der Waals surface area contributed by atoms with Crippen LogP contribution in [0.3, 0.4) is 0 Å². The lowest BCUT2D eigenvalue weighted by Gasteiger charge is -2.22. The summed E-state index contributed by atoms with van der Waals surface area (Å²) in [4.78, 5) is 24.7. The van der Waals surface area contributed by atoms with Crippen molar-refractivity contribution in [3.63, 3.8) is 0 Å². The van der Waals surface area contributed by atoms with Gasteiger partial charge < -0.3 is 10.6 Å². The minimum Gasteiger partial charge on any atom is -0.354 e. The second-order valence-electron chi connectivity index (χ2n) is 6.94. The van der Waals surface area contributed by atoms with Crippen LogP contribution in [0.1, 0.15) is 56.3 Å². The Hall–Kier alpha value is -2.24. The van der Waals surface area contributed by atoms with Gasteiger partial charge in [0.25, 0.3) is 5.91 Å². The van der Waals surface area contributed by atoms with Crippen molar-refractivity contribution < 1.29 is 18.4 Å². The molecule has 142 valence electrons. The summed E-state index contributed by atoms with van der Waals surface area (Å²) in [6.45, 7) is 4.02. The van der Waals surface area contributed by atoms with Gasteiger partial charge in [-0.05, 0) is 50.2 Å². The molecule has 2 N–H and O–H groups in total. The van der Waals surface area contributed by atoms with Crippen molar-refractivity contribution in [3.8, 4) is 0 Å². The Balaban J connectivity index is 1.95. The van der Waals surface area contributed by atoms with Crippen LogP contribution in [0, 0.1) is 17.6 Å². The number of carbonyl (C=O) groups excluding carboxylic acids is 2. The van der Waals surface area contributed by atoms with E-state index in [4.69, 9.17) is 0 Å². The molecule has 2 rings (SSSR count). The molecule has 0 aliphatic heterocycles. The number of carbonyl (C=O) groups is 2. The molecular formula is C20H26F2N2O2. The number of halogens is 2. The summed E-state index contributed by atoms with van der Waals surface area (Å²) in [5.74, 6) is -3.39. The maximum absolute atomic E-state index is 13.8. The minimum absolute atomic E-state index is 0.220. The Labute approximate surface area is 153 Å². The van der Waals surface area contributed by atoms with Gasteiger partial charge >= 0.3 is 0 Å². The highest BCUT2D eigenvalue weighted by molar-refractivity contribution is 5.98. The second-order valence-corrected chi connectivity index (χ2v) is 6.94.